The van der Waals surface area contributed by atoms with Crippen molar-refractivity contribution in [3.63, 3.8) is 0 Å². The van der Waals surface area contributed by atoms with Crippen molar-refractivity contribution in [1.29, 1.82) is 0 Å². The Balaban J connectivity index is 1.89. The van der Waals surface area contributed by atoms with Crippen LogP contribution in [-0.4, -0.2) is 26.9 Å². The molecule has 0 saturated heterocycles. The van der Waals surface area contributed by atoms with Crippen molar-refractivity contribution in [3.05, 3.63) is 24.2 Å². The van der Waals surface area contributed by atoms with Crippen molar-refractivity contribution in [3.8, 4) is 0 Å². The molecule has 2 rings (SSSR count). The molecule has 0 saturated carbocycles. The lowest BCUT2D eigenvalue weighted by Gasteiger charge is -2.12. The minimum absolute atomic E-state index is 0.190. The van der Waals surface area contributed by atoms with Crippen LogP contribution in [0.3, 0.4) is 0 Å². The molecule has 0 aliphatic heterocycles. The first-order valence-corrected chi connectivity index (χ1v) is 6.61. The first-order chi connectivity index (χ1) is 9.58. The summed E-state index contributed by atoms with van der Waals surface area (Å²) in [6.07, 6.45) is 4.60. The van der Waals surface area contributed by atoms with Crippen LogP contribution in [0.15, 0.2) is 23.0 Å². The van der Waals surface area contributed by atoms with E-state index >= 15 is 0 Å². The second-order valence-electron chi connectivity index (χ2n) is 4.68. The van der Waals surface area contributed by atoms with E-state index in [2.05, 4.69) is 27.8 Å². The molecule has 2 aromatic rings. The van der Waals surface area contributed by atoms with Gasteiger partial charge in [-0.25, -0.2) is 0 Å². The van der Waals surface area contributed by atoms with Gasteiger partial charge in [-0.05, 0) is 20.3 Å². The van der Waals surface area contributed by atoms with Crippen molar-refractivity contribution in [2.24, 2.45) is 0 Å². The van der Waals surface area contributed by atoms with Crippen LogP contribution in [0, 0.1) is 6.92 Å². The van der Waals surface area contributed by atoms with E-state index in [4.69, 9.17) is 4.52 Å². The molecule has 108 valence electrons. The maximum absolute atomic E-state index is 12.0. The highest BCUT2D eigenvalue weighted by molar-refractivity contribution is 5.95. The van der Waals surface area contributed by atoms with Gasteiger partial charge in [-0.2, -0.15) is 5.10 Å². The SMILES string of the molecule is CCCn1cc(N[C@@H](C)C(=O)Nc2cc(C)no2)cn1. The van der Waals surface area contributed by atoms with E-state index in [0.717, 1.165) is 24.3 Å². The molecule has 0 aliphatic rings. The van der Waals surface area contributed by atoms with E-state index in [1.54, 1.807) is 26.1 Å². The van der Waals surface area contributed by atoms with Gasteiger partial charge in [0, 0.05) is 18.8 Å². The van der Waals surface area contributed by atoms with E-state index in [-0.39, 0.29) is 5.91 Å². The topological polar surface area (TPSA) is 85.0 Å². The summed E-state index contributed by atoms with van der Waals surface area (Å²) in [5.41, 5.74) is 1.54. The van der Waals surface area contributed by atoms with E-state index in [9.17, 15) is 4.79 Å². The predicted molar refractivity (Wildman–Crippen MR) is 75.5 cm³/mol. The third kappa shape index (κ3) is 3.59. The number of hydrogen-bond donors (Lipinski definition) is 2. The lowest BCUT2D eigenvalue weighted by Crippen LogP contribution is -2.31. The van der Waals surface area contributed by atoms with Gasteiger partial charge in [0.2, 0.25) is 11.8 Å². The molecular formula is C13H19N5O2. The summed E-state index contributed by atoms with van der Waals surface area (Å²) in [7, 11) is 0. The molecule has 7 nitrogen and oxygen atoms in total. The van der Waals surface area contributed by atoms with E-state index < -0.39 is 6.04 Å². The highest BCUT2D eigenvalue weighted by atomic mass is 16.5. The van der Waals surface area contributed by atoms with Crippen LogP contribution in [0.2, 0.25) is 0 Å². The van der Waals surface area contributed by atoms with E-state index in [0.29, 0.717) is 5.88 Å². The summed E-state index contributed by atoms with van der Waals surface area (Å²) in [4.78, 5) is 12.0. The van der Waals surface area contributed by atoms with Crippen LogP contribution in [-0.2, 0) is 11.3 Å². The molecule has 1 amide bonds. The van der Waals surface area contributed by atoms with Gasteiger partial charge in [-0.1, -0.05) is 12.1 Å². The summed E-state index contributed by atoms with van der Waals surface area (Å²) in [5, 5.41) is 13.7. The summed E-state index contributed by atoms with van der Waals surface area (Å²) in [6, 6.07) is 1.27. The average Bonchev–Trinajstić information content (AvgIpc) is 2.99. The van der Waals surface area contributed by atoms with Crippen molar-refractivity contribution in [1.82, 2.24) is 14.9 Å². The monoisotopic (exact) mass is 277 g/mol. The smallest absolute Gasteiger partial charge is 0.248 e. The van der Waals surface area contributed by atoms with Crippen molar-refractivity contribution in [2.75, 3.05) is 10.6 Å². The number of carbonyl (C=O) groups excluding carboxylic acids is 1. The quantitative estimate of drug-likeness (QED) is 0.844. The molecule has 20 heavy (non-hydrogen) atoms. The number of hydrogen-bond acceptors (Lipinski definition) is 5. The first-order valence-electron chi connectivity index (χ1n) is 6.61. The minimum Gasteiger partial charge on any atom is -0.371 e. The molecule has 0 fully saturated rings. The zero-order chi connectivity index (χ0) is 14.5. The normalized spacial score (nSPS) is 12.2. The Hall–Kier alpha value is -2.31. The van der Waals surface area contributed by atoms with Gasteiger partial charge >= 0.3 is 0 Å². The summed E-state index contributed by atoms with van der Waals surface area (Å²) < 4.78 is 6.79. The molecule has 0 aliphatic carbocycles. The standard InChI is InChI=1S/C13H19N5O2/c1-4-5-18-8-11(7-14-18)15-10(3)13(19)16-12-6-9(2)17-20-12/h6-8,10,15H,4-5H2,1-3H3,(H,16,19)/t10-/m0/s1. The largest absolute Gasteiger partial charge is 0.371 e. The van der Waals surface area contributed by atoms with Crippen LogP contribution in [0.5, 0.6) is 0 Å². The lowest BCUT2D eigenvalue weighted by molar-refractivity contribution is -0.116. The fourth-order valence-electron chi connectivity index (χ4n) is 1.76. The molecule has 2 aromatic heterocycles. The van der Waals surface area contributed by atoms with Crippen LogP contribution < -0.4 is 10.6 Å². The van der Waals surface area contributed by atoms with Crippen molar-refractivity contribution >= 4 is 17.5 Å². The molecule has 0 radical (unpaired) electrons. The lowest BCUT2D eigenvalue weighted by atomic mass is 10.3. The highest BCUT2D eigenvalue weighted by Crippen LogP contribution is 2.11. The Morgan fingerprint density at radius 1 is 1.55 bits per heavy atom. The first kappa shape index (κ1) is 14.1. The Morgan fingerprint density at radius 2 is 2.35 bits per heavy atom. The fourth-order valence-corrected chi connectivity index (χ4v) is 1.76. The Bertz CT molecular complexity index is 575. The number of rotatable bonds is 6. The zero-order valence-electron chi connectivity index (χ0n) is 11.9. The van der Waals surface area contributed by atoms with Crippen LogP contribution in [0.4, 0.5) is 11.6 Å². The van der Waals surface area contributed by atoms with E-state index in [1.165, 1.54) is 0 Å². The Labute approximate surface area is 117 Å². The number of amides is 1. The molecule has 0 spiro atoms. The minimum atomic E-state index is -0.403. The molecule has 0 unspecified atom stereocenters. The van der Waals surface area contributed by atoms with Gasteiger partial charge in [-0.3, -0.25) is 14.8 Å². The van der Waals surface area contributed by atoms with Gasteiger partial charge < -0.3 is 9.84 Å². The highest BCUT2D eigenvalue weighted by Gasteiger charge is 2.15. The summed E-state index contributed by atoms with van der Waals surface area (Å²) >= 11 is 0. The number of carbonyl (C=O) groups is 1. The van der Waals surface area contributed by atoms with Crippen LogP contribution >= 0.6 is 0 Å². The molecule has 0 bridgehead atoms. The molecule has 0 aromatic carbocycles. The average molecular weight is 277 g/mol. The number of nitrogens with zero attached hydrogens (tertiary/aromatic N) is 3. The van der Waals surface area contributed by atoms with Gasteiger partial charge in [0.25, 0.3) is 0 Å². The summed E-state index contributed by atoms with van der Waals surface area (Å²) in [5.74, 6) is 0.159. The molecule has 7 heteroatoms. The molecule has 2 heterocycles. The zero-order valence-corrected chi connectivity index (χ0v) is 11.9. The van der Waals surface area contributed by atoms with Gasteiger partial charge in [0.05, 0.1) is 17.6 Å². The second kappa shape index (κ2) is 6.23. The van der Waals surface area contributed by atoms with E-state index in [1.807, 2.05) is 10.9 Å². The fraction of sp³-hybridized carbons (Fsp3) is 0.462. The third-order valence-electron chi connectivity index (χ3n) is 2.74. The molecule has 2 N–H and O–H groups in total. The molecule has 1 atom stereocenters. The van der Waals surface area contributed by atoms with Crippen LogP contribution in [0.25, 0.3) is 0 Å². The maximum Gasteiger partial charge on any atom is 0.248 e. The predicted octanol–water partition coefficient (Wildman–Crippen LogP) is 2.03. The number of aromatic nitrogens is 3. The van der Waals surface area contributed by atoms with Crippen molar-refractivity contribution < 1.29 is 9.32 Å². The number of anilines is 2. The van der Waals surface area contributed by atoms with Gasteiger partial charge in [0.1, 0.15) is 6.04 Å². The second-order valence-corrected chi connectivity index (χ2v) is 4.68. The van der Waals surface area contributed by atoms with Gasteiger partial charge in [0.15, 0.2) is 0 Å². The number of nitrogens with one attached hydrogen (secondary N) is 2. The van der Waals surface area contributed by atoms with Crippen molar-refractivity contribution in [2.45, 2.75) is 39.8 Å². The molecular weight excluding hydrogens is 258 g/mol. The third-order valence-corrected chi connectivity index (χ3v) is 2.74. The Morgan fingerprint density at radius 3 is 3.00 bits per heavy atom. The Kier molecular flexibility index (Phi) is 4.39. The van der Waals surface area contributed by atoms with Gasteiger partial charge in [-0.15, -0.1) is 0 Å². The summed E-state index contributed by atoms with van der Waals surface area (Å²) in [6.45, 7) is 6.52. The van der Waals surface area contributed by atoms with Crippen LogP contribution in [0.1, 0.15) is 26.0 Å². The maximum atomic E-state index is 12.0. The number of aryl methyl sites for hydroxylation is 2.